The molecule has 14 heavy (non-hydrogen) atoms. The third kappa shape index (κ3) is 1.84. The first kappa shape index (κ1) is 10.5. The highest BCUT2D eigenvalue weighted by atomic mass is 32.2. The Bertz CT molecular complexity index is 488. The van der Waals surface area contributed by atoms with Gasteiger partial charge in [-0.05, 0) is 25.2 Å². The minimum absolute atomic E-state index is 0.0703. The summed E-state index contributed by atoms with van der Waals surface area (Å²) in [7, 11) is -2.30. The van der Waals surface area contributed by atoms with Gasteiger partial charge in [-0.3, -0.25) is 0 Å². The molecule has 0 aliphatic carbocycles. The highest BCUT2D eigenvalue weighted by molar-refractivity contribution is 7.89. The van der Waals surface area contributed by atoms with E-state index in [1.54, 1.807) is 0 Å². The van der Waals surface area contributed by atoms with Crippen LogP contribution < -0.4 is 10.5 Å². The lowest BCUT2D eigenvalue weighted by molar-refractivity contribution is 0.588. The highest BCUT2D eigenvalue weighted by Crippen LogP contribution is 2.18. The Balaban J connectivity index is 3.43. The van der Waals surface area contributed by atoms with Crippen molar-refractivity contribution < 1.29 is 8.42 Å². The van der Waals surface area contributed by atoms with Crippen molar-refractivity contribution in [3.05, 3.63) is 23.8 Å². The molecule has 0 aliphatic rings. The monoisotopic (exact) mass is 211 g/mol. The number of nitrogens with zero attached hydrogens (tertiary/aromatic N) is 1. The molecule has 0 aromatic heterocycles. The van der Waals surface area contributed by atoms with E-state index in [2.05, 4.69) is 4.72 Å². The van der Waals surface area contributed by atoms with Crippen LogP contribution in [0.2, 0.25) is 0 Å². The maximum atomic E-state index is 11.4. The van der Waals surface area contributed by atoms with Crippen molar-refractivity contribution in [3.8, 4) is 6.07 Å². The van der Waals surface area contributed by atoms with Gasteiger partial charge in [-0.1, -0.05) is 0 Å². The van der Waals surface area contributed by atoms with E-state index in [1.807, 2.05) is 6.07 Å². The zero-order chi connectivity index (χ0) is 10.8. The van der Waals surface area contributed by atoms with Crippen molar-refractivity contribution >= 4 is 15.7 Å². The van der Waals surface area contributed by atoms with Gasteiger partial charge >= 0.3 is 0 Å². The first-order chi connectivity index (χ1) is 6.51. The van der Waals surface area contributed by atoms with Gasteiger partial charge < -0.3 is 5.73 Å². The lowest BCUT2D eigenvalue weighted by Gasteiger charge is -2.05. The minimum Gasteiger partial charge on any atom is -0.398 e. The van der Waals surface area contributed by atoms with E-state index in [9.17, 15) is 8.42 Å². The quantitative estimate of drug-likeness (QED) is 0.675. The van der Waals surface area contributed by atoms with Gasteiger partial charge in [0.15, 0.2) is 0 Å². The van der Waals surface area contributed by atoms with Crippen molar-refractivity contribution in [3.63, 3.8) is 0 Å². The van der Waals surface area contributed by atoms with Gasteiger partial charge in [-0.15, -0.1) is 0 Å². The zero-order valence-electron chi connectivity index (χ0n) is 7.48. The summed E-state index contributed by atoms with van der Waals surface area (Å²) in [6.45, 7) is 0. The molecule has 1 rings (SSSR count). The van der Waals surface area contributed by atoms with E-state index in [-0.39, 0.29) is 16.1 Å². The second-order valence-corrected chi connectivity index (χ2v) is 4.43. The number of nitriles is 1. The van der Waals surface area contributed by atoms with Crippen LogP contribution in [0.15, 0.2) is 23.1 Å². The summed E-state index contributed by atoms with van der Waals surface area (Å²) in [6, 6.07) is 5.93. The van der Waals surface area contributed by atoms with Crippen LogP contribution in [0, 0.1) is 11.3 Å². The molecule has 0 saturated heterocycles. The minimum atomic E-state index is -3.59. The van der Waals surface area contributed by atoms with Crippen LogP contribution in [0.3, 0.4) is 0 Å². The van der Waals surface area contributed by atoms with E-state index in [0.29, 0.717) is 0 Å². The van der Waals surface area contributed by atoms with E-state index in [4.69, 9.17) is 11.0 Å². The second-order valence-electron chi connectivity index (χ2n) is 2.57. The molecule has 1 aromatic carbocycles. The highest BCUT2D eigenvalue weighted by Gasteiger charge is 2.15. The molecule has 0 aliphatic heterocycles. The number of hydrogen-bond donors (Lipinski definition) is 2. The van der Waals surface area contributed by atoms with Gasteiger partial charge in [0.05, 0.1) is 17.3 Å². The summed E-state index contributed by atoms with van der Waals surface area (Å²) >= 11 is 0. The fourth-order valence-corrected chi connectivity index (χ4v) is 1.83. The summed E-state index contributed by atoms with van der Waals surface area (Å²) in [6.07, 6.45) is 0. The molecule has 0 atom stereocenters. The molecule has 0 spiro atoms. The molecular weight excluding hydrogens is 202 g/mol. The number of benzene rings is 1. The fourth-order valence-electron chi connectivity index (χ4n) is 0.947. The van der Waals surface area contributed by atoms with Gasteiger partial charge in [0.2, 0.25) is 10.0 Å². The SMILES string of the molecule is CNS(=O)(=O)c1cc(C#N)ccc1N. The van der Waals surface area contributed by atoms with E-state index >= 15 is 0 Å². The summed E-state index contributed by atoms with van der Waals surface area (Å²) in [5.74, 6) is 0. The van der Waals surface area contributed by atoms with Gasteiger partial charge in [0, 0.05) is 0 Å². The largest absolute Gasteiger partial charge is 0.398 e. The van der Waals surface area contributed by atoms with Crippen LogP contribution in [0.1, 0.15) is 5.56 Å². The van der Waals surface area contributed by atoms with Crippen molar-refractivity contribution in [2.24, 2.45) is 0 Å². The number of anilines is 1. The summed E-state index contributed by atoms with van der Waals surface area (Å²) in [5.41, 5.74) is 5.86. The third-order valence-electron chi connectivity index (χ3n) is 1.70. The molecule has 0 unspecified atom stereocenters. The summed E-state index contributed by atoms with van der Waals surface area (Å²) in [5, 5.41) is 8.59. The molecule has 6 heteroatoms. The molecule has 5 nitrogen and oxygen atoms in total. The predicted octanol–water partition coefficient (Wildman–Crippen LogP) is 0.0486. The van der Waals surface area contributed by atoms with Crippen molar-refractivity contribution in [2.75, 3.05) is 12.8 Å². The summed E-state index contributed by atoms with van der Waals surface area (Å²) in [4.78, 5) is -0.0703. The van der Waals surface area contributed by atoms with Crippen LogP contribution in [-0.4, -0.2) is 15.5 Å². The van der Waals surface area contributed by atoms with Crippen LogP contribution in [-0.2, 0) is 10.0 Å². The molecule has 0 amide bonds. The van der Waals surface area contributed by atoms with E-state index in [0.717, 1.165) is 0 Å². The Morgan fingerprint density at radius 3 is 2.64 bits per heavy atom. The Morgan fingerprint density at radius 1 is 1.50 bits per heavy atom. The van der Waals surface area contributed by atoms with Crippen LogP contribution in [0.4, 0.5) is 5.69 Å². The first-order valence-electron chi connectivity index (χ1n) is 3.74. The molecule has 3 N–H and O–H groups in total. The number of sulfonamides is 1. The van der Waals surface area contributed by atoms with E-state index in [1.165, 1.54) is 25.2 Å². The predicted molar refractivity (Wildman–Crippen MR) is 51.8 cm³/mol. The van der Waals surface area contributed by atoms with Gasteiger partial charge in [-0.25, -0.2) is 13.1 Å². The topological polar surface area (TPSA) is 96.0 Å². The normalized spacial score (nSPS) is 10.9. The smallest absolute Gasteiger partial charge is 0.242 e. The maximum absolute atomic E-state index is 11.4. The van der Waals surface area contributed by atoms with Crippen molar-refractivity contribution in [2.45, 2.75) is 4.90 Å². The first-order valence-corrected chi connectivity index (χ1v) is 5.23. The average molecular weight is 211 g/mol. The Morgan fingerprint density at radius 2 is 2.14 bits per heavy atom. The Labute approximate surface area is 82.2 Å². The molecule has 0 radical (unpaired) electrons. The summed E-state index contributed by atoms with van der Waals surface area (Å²) < 4.78 is 24.9. The van der Waals surface area contributed by atoms with Crippen molar-refractivity contribution in [1.29, 1.82) is 5.26 Å². The van der Waals surface area contributed by atoms with Gasteiger partial charge in [-0.2, -0.15) is 5.26 Å². The van der Waals surface area contributed by atoms with Crippen molar-refractivity contribution in [1.82, 2.24) is 4.72 Å². The molecule has 0 fully saturated rings. The molecule has 0 heterocycles. The van der Waals surface area contributed by atoms with Gasteiger partial charge in [0.1, 0.15) is 4.90 Å². The maximum Gasteiger partial charge on any atom is 0.242 e. The van der Waals surface area contributed by atoms with Crippen LogP contribution >= 0.6 is 0 Å². The lowest BCUT2D eigenvalue weighted by atomic mass is 10.2. The number of nitrogens with two attached hydrogens (primary N) is 1. The lowest BCUT2D eigenvalue weighted by Crippen LogP contribution is -2.20. The molecular formula is C8H9N3O2S. The number of rotatable bonds is 2. The molecule has 1 aromatic rings. The van der Waals surface area contributed by atoms with Crippen LogP contribution in [0.25, 0.3) is 0 Å². The number of hydrogen-bond acceptors (Lipinski definition) is 4. The van der Waals surface area contributed by atoms with E-state index < -0.39 is 10.0 Å². The van der Waals surface area contributed by atoms with Gasteiger partial charge in [0.25, 0.3) is 0 Å². The average Bonchev–Trinajstić information content (AvgIpc) is 2.18. The number of nitrogen functional groups attached to an aromatic ring is 1. The number of nitrogens with one attached hydrogen (secondary N) is 1. The standard InChI is InChI=1S/C8H9N3O2S/c1-11-14(12,13)8-4-6(5-9)2-3-7(8)10/h2-4,11H,10H2,1H3. The van der Waals surface area contributed by atoms with Crippen LogP contribution in [0.5, 0.6) is 0 Å². The second kappa shape index (κ2) is 3.65. The zero-order valence-corrected chi connectivity index (χ0v) is 8.30. The third-order valence-corrected chi connectivity index (χ3v) is 3.17. The molecule has 0 bridgehead atoms. The molecule has 74 valence electrons. The fraction of sp³-hybridized carbons (Fsp3) is 0.125. The Hall–Kier alpha value is -1.58. The molecule has 0 saturated carbocycles. The Kier molecular flexibility index (Phi) is 2.74.